The first-order valence-electron chi connectivity index (χ1n) is 5.84. The fourth-order valence-corrected chi connectivity index (χ4v) is 2.13. The second-order valence-electron chi connectivity index (χ2n) is 4.14. The van der Waals surface area contributed by atoms with Crippen molar-refractivity contribution in [2.45, 2.75) is 6.42 Å². The Hall–Kier alpha value is -1.79. The van der Waals surface area contributed by atoms with E-state index in [4.69, 9.17) is 18.0 Å². The highest BCUT2D eigenvalue weighted by atomic mass is 79.9. The molecule has 0 bridgehead atoms. The standard InChI is InChI=1S/C14H12BrN3OS/c15-11-8-17-6-5-12(11)18-13(19)7-9-1-3-10(4-2-9)14(16)20/h1-6,8H,7H2,(H2,16,20)(H,17,18,19). The lowest BCUT2D eigenvalue weighted by atomic mass is 10.1. The highest BCUT2D eigenvalue weighted by molar-refractivity contribution is 9.10. The number of carbonyl (C=O) groups excluding carboxylic acids is 1. The van der Waals surface area contributed by atoms with Gasteiger partial charge in [0, 0.05) is 18.0 Å². The molecule has 0 aliphatic heterocycles. The molecule has 0 fully saturated rings. The number of halogens is 1. The summed E-state index contributed by atoms with van der Waals surface area (Å²) in [5.41, 5.74) is 7.91. The Morgan fingerprint density at radius 2 is 2.00 bits per heavy atom. The Kier molecular flexibility index (Phi) is 4.81. The number of anilines is 1. The van der Waals surface area contributed by atoms with Gasteiger partial charge in [-0.2, -0.15) is 0 Å². The molecule has 1 aromatic carbocycles. The quantitative estimate of drug-likeness (QED) is 0.832. The van der Waals surface area contributed by atoms with Gasteiger partial charge in [0.2, 0.25) is 5.91 Å². The van der Waals surface area contributed by atoms with Crippen LogP contribution in [0.25, 0.3) is 0 Å². The maximum absolute atomic E-state index is 12.0. The molecule has 1 amide bonds. The summed E-state index contributed by atoms with van der Waals surface area (Å²) < 4.78 is 0.747. The van der Waals surface area contributed by atoms with Crippen LogP contribution in [-0.2, 0) is 11.2 Å². The minimum atomic E-state index is -0.0972. The van der Waals surface area contributed by atoms with E-state index >= 15 is 0 Å². The molecule has 0 aliphatic rings. The number of nitrogens with zero attached hydrogens (tertiary/aromatic N) is 1. The highest BCUT2D eigenvalue weighted by Gasteiger charge is 2.07. The summed E-state index contributed by atoms with van der Waals surface area (Å²) in [5.74, 6) is -0.0972. The van der Waals surface area contributed by atoms with Crippen molar-refractivity contribution < 1.29 is 4.79 Å². The van der Waals surface area contributed by atoms with Crippen molar-refractivity contribution in [2.24, 2.45) is 5.73 Å². The van der Waals surface area contributed by atoms with E-state index in [1.165, 1.54) is 0 Å². The fraction of sp³-hybridized carbons (Fsp3) is 0.0714. The Labute approximate surface area is 130 Å². The summed E-state index contributed by atoms with van der Waals surface area (Å²) in [4.78, 5) is 16.2. The van der Waals surface area contributed by atoms with Crippen molar-refractivity contribution in [3.63, 3.8) is 0 Å². The second-order valence-corrected chi connectivity index (χ2v) is 5.44. The predicted molar refractivity (Wildman–Crippen MR) is 86.6 cm³/mol. The number of nitrogens with one attached hydrogen (secondary N) is 1. The maximum atomic E-state index is 12.0. The summed E-state index contributed by atoms with van der Waals surface area (Å²) in [6, 6.07) is 9.05. The van der Waals surface area contributed by atoms with Crippen LogP contribution >= 0.6 is 28.1 Å². The Bertz CT molecular complexity index is 643. The van der Waals surface area contributed by atoms with Crippen molar-refractivity contribution in [1.82, 2.24) is 4.98 Å². The zero-order chi connectivity index (χ0) is 14.5. The van der Waals surface area contributed by atoms with E-state index in [1.54, 1.807) is 18.5 Å². The van der Waals surface area contributed by atoms with Gasteiger partial charge in [-0.1, -0.05) is 36.5 Å². The molecule has 2 aromatic rings. The average Bonchev–Trinajstić information content (AvgIpc) is 2.42. The lowest BCUT2D eigenvalue weighted by molar-refractivity contribution is -0.115. The molecule has 0 saturated heterocycles. The number of thiocarbonyl (C=S) groups is 1. The second kappa shape index (κ2) is 6.58. The summed E-state index contributed by atoms with van der Waals surface area (Å²) in [5, 5.41) is 2.82. The van der Waals surface area contributed by atoms with Crippen molar-refractivity contribution in [1.29, 1.82) is 0 Å². The number of nitrogens with two attached hydrogens (primary N) is 1. The molecule has 0 radical (unpaired) electrons. The van der Waals surface area contributed by atoms with Crippen LogP contribution in [0.2, 0.25) is 0 Å². The van der Waals surface area contributed by atoms with Crippen molar-refractivity contribution in [2.75, 3.05) is 5.32 Å². The number of hydrogen-bond donors (Lipinski definition) is 2. The van der Waals surface area contributed by atoms with Gasteiger partial charge in [-0.25, -0.2) is 0 Å². The topological polar surface area (TPSA) is 68.0 Å². The average molecular weight is 350 g/mol. The molecule has 1 heterocycles. The molecular weight excluding hydrogens is 338 g/mol. The van der Waals surface area contributed by atoms with Gasteiger partial charge in [-0.05, 0) is 27.6 Å². The van der Waals surface area contributed by atoms with Crippen LogP contribution in [0.1, 0.15) is 11.1 Å². The number of hydrogen-bond acceptors (Lipinski definition) is 3. The molecule has 2 rings (SSSR count). The molecule has 1 aromatic heterocycles. The Morgan fingerprint density at radius 1 is 1.30 bits per heavy atom. The number of amides is 1. The highest BCUT2D eigenvalue weighted by Crippen LogP contribution is 2.20. The summed E-state index contributed by atoms with van der Waals surface area (Å²) in [7, 11) is 0. The van der Waals surface area contributed by atoms with Crippen LogP contribution < -0.4 is 11.1 Å². The van der Waals surface area contributed by atoms with Gasteiger partial charge in [-0.3, -0.25) is 9.78 Å². The van der Waals surface area contributed by atoms with Crippen molar-refractivity contribution in [3.05, 3.63) is 58.3 Å². The zero-order valence-electron chi connectivity index (χ0n) is 10.5. The molecular formula is C14H12BrN3OS. The first kappa shape index (κ1) is 14.6. The number of aromatic nitrogens is 1. The van der Waals surface area contributed by atoms with E-state index in [0.717, 1.165) is 15.6 Å². The van der Waals surface area contributed by atoms with E-state index in [9.17, 15) is 4.79 Å². The molecule has 4 nitrogen and oxygen atoms in total. The largest absolute Gasteiger partial charge is 0.389 e. The van der Waals surface area contributed by atoms with E-state index in [-0.39, 0.29) is 12.3 Å². The normalized spacial score (nSPS) is 10.1. The van der Waals surface area contributed by atoms with Gasteiger partial charge >= 0.3 is 0 Å². The van der Waals surface area contributed by atoms with Gasteiger partial charge in [0.1, 0.15) is 4.99 Å². The number of rotatable bonds is 4. The third kappa shape index (κ3) is 3.85. The van der Waals surface area contributed by atoms with Crippen LogP contribution in [0.5, 0.6) is 0 Å². The molecule has 0 aliphatic carbocycles. The maximum Gasteiger partial charge on any atom is 0.228 e. The SMILES string of the molecule is NC(=S)c1ccc(CC(=O)Nc2ccncc2Br)cc1. The fourth-order valence-electron chi connectivity index (χ4n) is 1.64. The predicted octanol–water partition coefficient (Wildman–Crippen LogP) is 2.66. The Morgan fingerprint density at radius 3 is 2.60 bits per heavy atom. The first-order chi connectivity index (χ1) is 9.56. The number of pyridine rings is 1. The molecule has 0 unspecified atom stereocenters. The van der Waals surface area contributed by atoms with Gasteiger partial charge < -0.3 is 11.1 Å². The minimum absolute atomic E-state index is 0.0972. The summed E-state index contributed by atoms with van der Waals surface area (Å²) >= 11 is 8.21. The van der Waals surface area contributed by atoms with Gasteiger partial charge in [0.05, 0.1) is 16.6 Å². The van der Waals surface area contributed by atoms with E-state index in [1.807, 2.05) is 24.3 Å². The van der Waals surface area contributed by atoms with E-state index in [0.29, 0.717) is 10.7 Å². The van der Waals surface area contributed by atoms with E-state index in [2.05, 4.69) is 26.2 Å². The molecule has 102 valence electrons. The molecule has 20 heavy (non-hydrogen) atoms. The molecule has 0 spiro atoms. The summed E-state index contributed by atoms with van der Waals surface area (Å²) in [6.45, 7) is 0. The first-order valence-corrected chi connectivity index (χ1v) is 7.04. The molecule has 6 heteroatoms. The van der Waals surface area contributed by atoms with Crippen molar-refractivity contribution in [3.8, 4) is 0 Å². The van der Waals surface area contributed by atoms with Crippen LogP contribution in [0.15, 0.2) is 47.2 Å². The third-order valence-corrected chi connectivity index (χ3v) is 3.52. The zero-order valence-corrected chi connectivity index (χ0v) is 12.9. The monoisotopic (exact) mass is 349 g/mol. The summed E-state index contributed by atoms with van der Waals surface area (Å²) in [6.07, 6.45) is 3.54. The van der Waals surface area contributed by atoms with Crippen LogP contribution in [-0.4, -0.2) is 15.9 Å². The minimum Gasteiger partial charge on any atom is -0.389 e. The molecule has 0 atom stereocenters. The van der Waals surface area contributed by atoms with Gasteiger partial charge in [0.25, 0.3) is 0 Å². The van der Waals surface area contributed by atoms with Crippen LogP contribution in [0.3, 0.4) is 0 Å². The number of benzene rings is 1. The van der Waals surface area contributed by atoms with E-state index < -0.39 is 0 Å². The number of carbonyl (C=O) groups is 1. The smallest absolute Gasteiger partial charge is 0.228 e. The van der Waals surface area contributed by atoms with Gasteiger partial charge in [0.15, 0.2) is 0 Å². The van der Waals surface area contributed by atoms with Gasteiger partial charge in [-0.15, -0.1) is 0 Å². The molecule has 3 N–H and O–H groups in total. The lowest BCUT2D eigenvalue weighted by Crippen LogP contribution is -2.15. The Balaban J connectivity index is 2.01. The van der Waals surface area contributed by atoms with Crippen LogP contribution in [0, 0.1) is 0 Å². The molecule has 0 saturated carbocycles. The van der Waals surface area contributed by atoms with Crippen LogP contribution in [0.4, 0.5) is 5.69 Å². The lowest BCUT2D eigenvalue weighted by Gasteiger charge is -2.07. The third-order valence-electron chi connectivity index (χ3n) is 2.65. The van der Waals surface area contributed by atoms with Crippen molar-refractivity contribution >= 4 is 44.7 Å².